The Morgan fingerprint density at radius 3 is 0.633 bits per heavy atom. The van der Waals surface area contributed by atoms with Crippen LogP contribution in [0.25, 0.3) is 143 Å². The minimum atomic E-state index is 0.875. The van der Waals surface area contributed by atoms with Gasteiger partial charge in [0.15, 0.2) is 0 Å². The zero-order chi connectivity index (χ0) is 84.8. The van der Waals surface area contributed by atoms with Crippen LogP contribution in [-0.4, -0.2) is 9.13 Å². The van der Waals surface area contributed by atoms with Crippen LogP contribution in [0.2, 0.25) is 0 Å². The number of hydrogen-bond donors (Lipinski definition) is 0. The predicted molar refractivity (Wildman–Crippen MR) is 537 cm³/mol. The fourth-order valence-corrected chi connectivity index (χ4v) is 18.6. The molecule has 0 amide bonds. The lowest BCUT2D eigenvalue weighted by Gasteiger charge is -2.26. The SMILES string of the molecule is c1ccc(N(c2ccc(-c3ccc(-c4ccc(N(c5ccccc5)c5ccc6c(c5)c5ccccc5n6-c5ccccc5)cc4)cc3)cc2)c2ccc3c(c2)c2ccccc2n3-c2ccccc2)cc1.c1ccc(N(c2ccc(-c3ccc(-c4ccc(N(c5ccccc5)c5ccc6c(c5)oc5ccccc56)cc4)cc3)cc2)c2ccc3c(c2)oc2ccccc23)cc1. The molecule has 0 aliphatic carbocycles. The zero-order valence-corrected chi connectivity index (χ0v) is 69.8. The monoisotopic (exact) mass is 1640 g/mol. The van der Waals surface area contributed by atoms with Gasteiger partial charge in [0.25, 0.3) is 0 Å². The molecular formula is C120H82N6O2. The predicted octanol–water partition coefficient (Wildman–Crippen LogP) is 33.9. The number of hydrogen-bond acceptors (Lipinski definition) is 6. The van der Waals surface area contributed by atoms with E-state index < -0.39 is 0 Å². The van der Waals surface area contributed by atoms with Crippen molar-refractivity contribution in [2.24, 2.45) is 0 Å². The van der Waals surface area contributed by atoms with Crippen molar-refractivity contribution >= 4 is 156 Å². The van der Waals surface area contributed by atoms with Gasteiger partial charge in [0.05, 0.1) is 22.1 Å². The van der Waals surface area contributed by atoms with Crippen LogP contribution in [0.15, 0.2) is 506 Å². The van der Waals surface area contributed by atoms with E-state index in [-0.39, 0.29) is 0 Å². The molecule has 0 unspecified atom stereocenters. The van der Waals surface area contributed by atoms with Crippen LogP contribution < -0.4 is 19.6 Å². The van der Waals surface area contributed by atoms with Gasteiger partial charge in [-0.2, -0.15) is 0 Å². The molecule has 4 heterocycles. The molecule has 0 aliphatic rings. The maximum atomic E-state index is 6.28. The first-order valence-corrected chi connectivity index (χ1v) is 43.5. The van der Waals surface area contributed by atoms with Crippen molar-refractivity contribution in [3.8, 4) is 55.9 Å². The van der Waals surface area contributed by atoms with E-state index in [1.165, 1.54) is 65.9 Å². The fraction of sp³-hybridized carbons (Fsp3) is 0. The highest BCUT2D eigenvalue weighted by atomic mass is 16.3. The van der Waals surface area contributed by atoms with E-state index in [0.29, 0.717) is 0 Å². The lowest BCUT2D eigenvalue weighted by Crippen LogP contribution is -2.09. The van der Waals surface area contributed by atoms with Gasteiger partial charge < -0.3 is 37.6 Å². The highest BCUT2D eigenvalue weighted by Crippen LogP contribution is 2.47. The van der Waals surface area contributed by atoms with Gasteiger partial charge >= 0.3 is 0 Å². The van der Waals surface area contributed by atoms with Gasteiger partial charge in [-0.25, -0.2) is 0 Å². The Kier molecular flexibility index (Phi) is 19.5. The van der Waals surface area contributed by atoms with E-state index in [9.17, 15) is 0 Å². The summed E-state index contributed by atoms with van der Waals surface area (Å²) in [6, 6.07) is 177. The van der Waals surface area contributed by atoms with E-state index in [4.69, 9.17) is 8.83 Å². The first-order chi connectivity index (χ1) is 63.5. The molecular weight excluding hydrogens is 1560 g/mol. The average molecular weight is 1640 g/mol. The van der Waals surface area contributed by atoms with Crippen LogP contribution in [0.1, 0.15) is 0 Å². The molecule has 128 heavy (non-hydrogen) atoms. The molecule has 0 bridgehead atoms. The highest BCUT2D eigenvalue weighted by molar-refractivity contribution is 6.13. The lowest BCUT2D eigenvalue weighted by atomic mass is 9.99. The van der Waals surface area contributed by atoms with Crippen molar-refractivity contribution in [3.05, 3.63) is 497 Å². The summed E-state index contributed by atoms with van der Waals surface area (Å²) in [6.45, 7) is 0. The van der Waals surface area contributed by atoms with Gasteiger partial charge in [-0.1, -0.05) is 279 Å². The molecule has 24 rings (SSSR count). The number of rotatable bonds is 18. The Hall–Kier alpha value is -17.2. The number of furan rings is 2. The van der Waals surface area contributed by atoms with Crippen molar-refractivity contribution in [3.63, 3.8) is 0 Å². The minimum Gasteiger partial charge on any atom is -0.456 e. The Labute approximate surface area is 741 Å². The second kappa shape index (κ2) is 32.9. The molecule has 0 spiro atoms. The van der Waals surface area contributed by atoms with E-state index in [1.54, 1.807) is 0 Å². The number of aromatic nitrogens is 2. The van der Waals surface area contributed by atoms with E-state index >= 15 is 0 Å². The number of anilines is 12. The maximum Gasteiger partial charge on any atom is 0.137 e. The summed E-state index contributed by atoms with van der Waals surface area (Å²) in [6.07, 6.45) is 0. The number of nitrogens with zero attached hydrogens (tertiary/aromatic N) is 6. The average Bonchev–Trinajstić information content (AvgIpc) is 1.60. The van der Waals surface area contributed by atoms with Gasteiger partial charge in [-0.3, -0.25) is 0 Å². The third-order valence-electron chi connectivity index (χ3n) is 24.8. The van der Waals surface area contributed by atoms with E-state index in [0.717, 1.165) is 146 Å². The first-order valence-electron chi connectivity index (χ1n) is 43.5. The molecule has 0 N–H and O–H groups in total. The second-order valence-corrected chi connectivity index (χ2v) is 32.4. The summed E-state index contributed by atoms with van der Waals surface area (Å²) in [5.41, 5.74) is 33.0. The number of para-hydroxylation sites is 10. The van der Waals surface area contributed by atoms with Gasteiger partial charge in [0, 0.05) is 135 Å². The van der Waals surface area contributed by atoms with Crippen molar-refractivity contribution < 1.29 is 8.83 Å². The number of benzene rings is 20. The third-order valence-corrected chi connectivity index (χ3v) is 24.8. The third kappa shape index (κ3) is 14.2. The molecule has 0 atom stereocenters. The molecule has 0 radical (unpaired) electrons. The van der Waals surface area contributed by atoms with Gasteiger partial charge in [0.1, 0.15) is 22.3 Å². The van der Waals surface area contributed by atoms with Crippen LogP contribution in [0.5, 0.6) is 0 Å². The normalized spacial score (nSPS) is 11.4. The minimum absolute atomic E-state index is 0.875. The van der Waals surface area contributed by atoms with Crippen molar-refractivity contribution in [2.45, 2.75) is 0 Å². The summed E-state index contributed by atoms with van der Waals surface area (Å²) < 4.78 is 17.3. The van der Waals surface area contributed by atoms with Gasteiger partial charge in [0.2, 0.25) is 0 Å². The molecule has 0 fully saturated rings. The molecule has 24 aromatic rings. The van der Waals surface area contributed by atoms with Crippen molar-refractivity contribution in [1.82, 2.24) is 9.13 Å². The van der Waals surface area contributed by atoms with Gasteiger partial charge in [-0.05, 0) is 251 Å². The fourth-order valence-electron chi connectivity index (χ4n) is 18.6. The second-order valence-electron chi connectivity index (χ2n) is 32.4. The molecule has 20 aromatic carbocycles. The maximum absolute atomic E-state index is 6.28. The molecule has 0 saturated heterocycles. The highest BCUT2D eigenvalue weighted by Gasteiger charge is 2.24. The molecule has 0 saturated carbocycles. The summed E-state index contributed by atoms with van der Waals surface area (Å²) in [7, 11) is 0. The Morgan fingerprint density at radius 2 is 0.336 bits per heavy atom. The summed E-state index contributed by atoms with van der Waals surface area (Å²) in [5, 5.41) is 9.41. The zero-order valence-electron chi connectivity index (χ0n) is 69.8. The summed E-state index contributed by atoms with van der Waals surface area (Å²) in [4.78, 5) is 9.26. The smallest absolute Gasteiger partial charge is 0.137 e. The quantitative estimate of drug-likeness (QED) is 0.0853. The molecule has 604 valence electrons. The van der Waals surface area contributed by atoms with Crippen molar-refractivity contribution in [1.29, 1.82) is 0 Å². The van der Waals surface area contributed by atoms with E-state index in [2.05, 4.69) is 502 Å². The summed E-state index contributed by atoms with van der Waals surface area (Å²) in [5.74, 6) is 0. The standard InChI is InChI=1S/C66H46N4.C54H36N2O2/c1-5-17-51(18-6-1)67(57-41-43-65-61(45-57)59-25-13-15-27-63(59)69(65)53-21-9-3-10-22-53)55-37-33-49(34-38-55)47-29-31-48(32-30-47)50-35-39-56(40-36-50)68(52-19-7-2-8-20-52)58-42-44-66-62(46-58)60-26-14-16-28-64(60)70(66)54-23-11-4-12-24-54;1-3-11-41(12-4-1)55(45-31-33-49-47-15-7-9-17-51(47)57-53(49)35-45)43-27-23-39(24-28-43)37-19-21-38(22-20-37)40-25-29-44(30-26-40)56(42-13-5-2-6-14-42)46-32-34-50-48-16-8-10-18-52(48)58-54(50)36-46/h1-46H;1-36H. The van der Waals surface area contributed by atoms with Crippen LogP contribution in [0.4, 0.5) is 68.2 Å². The molecule has 0 aliphatic heterocycles. The van der Waals surface area contributed by atoms with Crippen LogP contribution >= 0.6 is 0 Å². The van der Waals surface area contributed by atoms with Crippen molar-refractivity contribution in [2.75, 3.05) is 19.6 Å². The molecule has 8 nitrogen and oxygen atoms in total. The molecule has 4 aromatic heterocycles. The largest absolute Gasteiger partial charge is 0.456 e. The number of fused-ring (bicyclic) bond motifs is 12. The summed E-state index contributed by atoms with van der Waals surface area (Å²) >= 11 is 0. The Bertz CT molecular complexity index is 7640. The Morgan fingerprint density at radius 1 is 0.133 bits per heavy atom. The Balaban J connectivity index is 0.000000149. The molecule has 8 heteroatoms. The van der Waals surface area contributed by atoms with Crippen LogP contribution in [0, 0.1) is 0 Å². The first kappa shape index (κ1) is 75.7. The van der Waals surface area contributed by atoms with Gasteiger partial charge in [-0.15, -0.1) is 0 Å². The van der Waals surface area contributed by atoms with Crippen LogP contribution in [-0.2, 0) is 0 Å². The van der Waals surface area contributed by atoms with E-state index in [1.807, 2.05) is 24.3 Å². The lowest BCUT2D eigenvalue weighted by molar-refractivity contribution is 0.668. The topological polar surface area (TPSA) is 49.1 Å². The van der Waals surface area contributed by atoms with Crippen LogP contribution in [0.3, 0.4) is 0 Å².